The normalized spacial score (nSPS) is 16.5. The molecule has 0 aliphatic carbocycles. The molecule has 0 atom stereocenters. The molecule has 3 heterocycles. The van der Waals surface area contributed by atoms with Gasteiger partial charge in [0.15, 0.2) is 15.7 Å². The first-order chi connectivity index (χ1) is 18.1. The molecule has 0 bridgehead atoms. The van der Waals surface area contributed by atoms with E-state index < -0.39 is 33.3 Å². The summed E-state index contributed by atoms with van der Waals surface area (Å²) in [5.74, 6) is -3.08. The maximum atomic E-state index is 14.8. The molecule has 12 heteroatoms. The minimum absolute atomic E-state index is 0.0561. The van der Waals surface area contributed by atoms with Crippen molar-refractivity contribution in [2.75, 3.05) is 29.1 Å². The van der Waals surface area contributed by atoms with Gasteiger partial charge in [-0.05, 0) is 54.7 Å². The van der Waals surface area contributed by atoms with E-state index >= 15 is 0 Å². The summed E-state index contributed by atoms with van der Waals surface area (Å²) in [6.45, 7) is 0.696. The molecule has 0 saturated heterocycles. The first-order valence-electron chi connectivity index (χ1n) is 11.9. The third-order valence-corrected chi connectivity index (χ3v) is 8.35. The highest BCUT2D eigenvalue weighted by Gasteiger charge is 2.31. The number of nitrogens with one attached hydrogen (secondary N) is 1. The van der Waals surface area contributed by atoms with Crippen molar-refractivity contribution in [3.63, 3.8) is 0 Å². The van der Waals surface area contributed by atoms with Crippen molar-refractivity contribution < 1.29 is 31.5 Å². The Balaban J connectivity index is 1.48. The van der Waals surface area contributed by atoms with E-state index in [2.05, 4.69) is 15.3 Å². The SMILES string of the molecule is O=C(O)Cc1ccc(Nc2nc(N3CC=C(c4ccc(F)cc4F)CC3)nc3c2S(=O)(=O)CCC3)c(F)c1. The average Bonchev–Trinajstić information content (AvgIpc) is 2.85. The van der Waals surface area contributed by atoms with E-state index in [0.717, 1.165) is 12.1 Å². The maximum absolute atomic E-state index is 14.8. The van der Waals surface area contributed by atoms with Crippen LogP contribution in [0.3, 0.4) is 0 Å². The zero-order valence-electron chi connectivity index (χ0n) is 20.0. The van der Waals surface area contributed by atoms with Gasteiger partial charge in [0.25, 0.3) is 0 Å². The van der Waals surface area contributed by atoms with Crippen molar-refractivity contribution in [2.24, 2.45) is 0 Å². The topological polar surface area (TPSA) is 112 Å². The molecule has 2 N–H and O–H groups in total. The number of sulfone groups is 1. The van der Waals surface area contributed by atoms with Gasteiger partial charge < -0.3 is 15.3 Å². The number of aromatic nitrogens is 2. The molecule has 3 aromatic rings. The van der Waals surface area contributed by atoms with Crippen molar-refractivity contribution in [3.05, 3.63) is 76.7 Å². The summed E-state index contributed by atoms with van der Waals surface area (Å²) in [7, 11) is -3.72. The number of anilines is 3. The maximum Gasteiger partial charge on any atom is 0.307 e. The molecule has 0 amide bonds. The molecular weight excluding hydrogens is 521 g/mol. The summed E-state index contributed by atoms with van der Waals surface area (Å²) >= 11 is 0. The lowest BCUT2D eigenvalue weighted by Gasteiger charge is -2.29. The van der Waals surface area contributed by atoms with Gasteiger partial charge in [-0.3, -0.25) is 4.79 Å². The van der Waals surface area contributed by atoms with Crippen LogP contribution in [0.4, 0.5) is 30.6 Å². The first-order valence-corrected chi connectivity index (χ1v) is 13.6. The molecule has 2 aromatic carbocycles. The number of nitrogens with zero attached hydrogens (tertiary/aromatic N) is 3. The Labute approximate surface area is 216 Å². The molecule has 198 valence electrons. The Bertz CT molecular complexity index is 1580. The van der Waals surface area contributed by atoms with Gasteiger partial charge in [-0.2, -0.15) is 4.98 Å². The van der Waals surface area contributed by atoms with Crippen molar-refractivity contribution in [3.8, 4) is 0 Å². The predicted octanol–water partition coefficient (Wildman–Crippen LogP) is 4.28. The Morgan fingerprint density at radius 2 is 1.87 bits per heavy atom. The van der Waals surface area contributed by atoms with Crippen LogP contribution in [0.25, 0.3) is 5.57 Å². The van der Waals surface area contributed by atoms with Crippen LogP contribution in [0.1, 0.15) is 29.7 Å². The monoisotopic (exact) mass is 544 g/mol. The molecule has 38 heavy (non-hydrogen) atoms. The zero-order chi connectivity index (χ0) is 27.0. The molecule has 0 spiro atoms. The number of rotatable bonds is 6. The van der Waals surface area contributed by atoms with Crippen molar-refractivity contribution in [1.29, 1.82) is 0 Å². The van der Waals surface area contributed by atoms with E-state index in [1.165, 1.54) is 24.3 Å². The van der Waals surface area contributed by atoms with Crippen LogP contribution >= 0.6 is 0 Å². The summed E-state index contributed by atoms with van der Waals surface area (Å²) in [6, 6.07) is 7.28. The summed E-state index contributed by atoms with van der Waals surface area (Å²) < 4.78 is 68.2. The molecule has 2 aliphatic heterocycles. The second-order valence-corrected chi connectivity index (χ2v) is 11.2. The van der Waals surface area contributed by atoms with Crippen LogP contribution < -0.4 is 10.2 Å². The second-order valence-electron chi connectivity index (χ2n) is 9.13. The molecule has 0 unspecified atom stereocenters. The number of hydrogen-bond donors (Lipinski definition) is 2. The van der Waals surface area contributed by atoms with Crippen LogP contribution in [-0.2, 0) is 27.5 Å². The van der Waals surface area contributed by atoms with Gasteiger partial charge in [-0.25, -0.2) is 26.6 Å². The van der Waals surface area contributed by atoms with E-state index in [1.807, 2.05) is 0 Å². The first kappa shape index (κ1) is 25.7. The lowest BCUT2D eigenvalue weighted by atomic mass is 9.99. The van der Waals surface area contributed by atoms with Crippen LogP contribution in [0.15, 0.2) is 47.4 Å². The minimum atomic E-state index is -3.72. The third-order valence-electron chi connectivity index (χ3n) is 6.47. The van der Waals surface area contributed by atoms with Crippen LogP contribution in [0, 0.1) is 17.5 Å². The highest BCUT2D eigenvalue weighted by molar-refractivity contribution is 7.91. The largest absolute Gasteiger partial charge is 0.481 e. The number of aliphatic carboxylic acids is 1. The quantitative estimate of drug-likeness (QED) is 0.473. The van der Waals surface area contributed by atoms with Gasteiger partial charge in [0.2, 0.25) is 5.95 Å². The number of carbonyl (C=O) groups is 1. The molecule has 0 saturated carbocycles. The molecule has 5 rings (SSSR count). The Morgan fingerprint density at radius 3 is 2.55 bits per heavy atom. The average molecular weight is 545 g/mol. The number of aryl methyl sites for hydroxylation is 1. The summed E-state index contributed by atoms with van der Waals surface area (Å²) in [6.07, 6.45) is 2.63. The highest BCUT2D eigenvalue weighted by atomic mass is 32.2. The molecule has 2 aliphatic rings. The van der Waals surface area contributed by atoms with Gasteiger partial charge >= 0.3 is 5.97 Å². The van der Waals surface area contributed by atoms with E-state index in [0.29, 0.717) is 49.2 Å². The van der Waals surface area contributed by atoms with Gasteiger partial charge in [0.05, 0.1) is 23.6 Å². The van der Waals surface area contributed by atoms with E-state index in [-0.39, 0.29) is 40.1 Å². The smallest absolute Gasteiger partial charge is 0.307 e. The van der Waals surface area contributed by atoms with E-state index in [1.54, 1.807) is 11.0 Å². The fraction of sp³-hybridized carbons (Fsp3) is 0.269. The molecule has 1 aromatic heterocycles. The van der Waals surface area contributed by atoms with Crippen LogP contribution in [0.2, 0.25) is 0 Å². The zero-order valence-corrected chi connectivity index (χ0v) is 20.9. The number of carboxylic acid groups (broad SMARTS) is 1. The Kier molecular flexibility index (Phi) is 6.82. The summed E-state index contributed by atoms with van der Waals surface area (Å²) in [5.41, 5.74) is 1.55. The van der Waals surface area contributed by atoms with Crippen molar-refractivity contribution in [1.82, 2.24) is 9.97 Å². The Hall–Kier alpha value is -3.93. The number of fused-ring (bicyclic) bond motifs is 1. The summed E-state index contributed by atoms with van der Waals surface area (Å²) in [4.78, 5) is 21.6. The third kappa shape index (κ3) is 5.21. The molecule has 0 radical (unpaired) electrons. The molecule has 8 nitrogen and oxygen atoms in total. The van der Waals surface area contributed by atoms with Gasteiger partial charge in [-0.1, -0.05) is 12.1 Å². The number of hydrogen-bond acceptors (Lipinski definition) is 7. The number of halogens is 3. The minimum Gasteiger partial charge on any atom is -0.481 e. The van der Waals surface area contributed by atoms with Crippen molar-refractivity contribution >= 4 is 38.8 Å². The lowest BCUT2D eigenvalue weighted by molar-refractivity contribution is -0.136. The molecule has 0 fully saturated rings. The number of carboxylic acids is 1. The van der Waals surface area contributed by atoms with Crippen LogP contribution in [-0.4, -0.2) is 48.3 Å². The standard InChI is InChI=1S/C26H23F3N4O4S/c27-17-4-5-18(19(28)14-17)16-7-9-33(10-8-16)26-31-22-2-1-11-38(36,37)24(22)25(32-26)30-21-6-3-15(12-20(21)29)13-23(34)35/h3-7,12,14H,1-2,8-11,13H2,(H,34,35)(H,30,31,32). The lowest BCUT2D eigenvalue weighted by Crippen LogP contribution is -2.31. The Morgan fingerprint density at radius 1 is 1.05 bits per heavy atom. The number of benzene rings is 2. The fourth-order valence-electron chi connectivity index (χ4n) is 4.66. The van der Waals surface area contributed by atoms with Gasteiger partial charge in [0.1, 0.15) is 22.3 Å². The van der Waals surface area contributed by atoms with Gasteiger partial charge in [0, 0.05) is 24.7 Å². The second kappa shape index (κ2) is 10.1. The highest BCUT2D eigenvalue weighted by Crippen LogP contribution is 2.35. The molecular formula is C26H23F3N4O4S. The van der Waals surface area contributed by atoms with Crippen LogP contribution in [0.5, 0.6) is 0 Å². The predicted molar refractivity (Wildman–Crippen MR) is 135 cm³/mol. The summed E-state index contributed by atoms with van der Waals surface area (Å²) in [5, 5.41) is 11.7. The van der Waals surface area contributed by atoms with Gasteiger partial charge in [-0.15, -0.1) is 0 Å². The van der Waals surface area contributed by atoms with Crippen molar-refractivity contribution in [2.45, 2.75) is 30.6 Å². The fourth-order valence-corrected chi connectivity index (χ4v) is 6.28. The van der Waals surface area contributed by atoms with E-state index in [4.69, 9.17) is 5.11 Å². The van der Waals surface area contributed by atoms with E-state index in [9.17, 15) is 26.4 Å².